The molecule has 0 aliphatic carbocycles. The van der Waals surface area contributed by atoms with E-state index in [4.69, 9.17) is 16.3 Å². The second-order valence-electron chi connectivity index (χ2n) is 8.89. The summed E-state index contributed by atoms with van der Waals surface area (Å²) in [6, 6.07) is 2.74. The van der Waals surface area contributed by atoms with Crippen molar-refractivity contribution in [2.24, 2.45) is 0 Å². The average Bonchev–Trinajstić information content (AvgIpc) is 2.85. The van der Waals surface area contributed by atoms with Crippen LogP contribution in [0.5, 0.6) is 0 Å². The average molecular weight is 394 g/mol. The first-order chi connectivity index (χ1) is 12.7. The molecule has 1 amide bonds. The third kappa shape index (κ3) is 3.53. The number of rotatable bonds is 1. The van der Waals surface area contributed by atoms with Gasteiger partial charge >= 0.3 is 6.09 Å². The minimum Gasteiger partial charge on any atom is -0.444 e. The standard InChI is InChI=1S/C19H28ClN5O2/c1-19(2,3)27-18(26)25-12-5-6-13(25)10-14(9-12)24-8-7-23(4)15-11-16(20)21-22-17(15)24/h11-14H,5-10H2,1-4H3/t12-,13+,14?. The Morgan fingerprint density at radius 1 is 1.15 bits per heavy atom. The van der Waals surface area contributed by atoms with Gasteiger partial charge in [-0.15, -0.1) is 10.2 Å². The summed E-state index contributed by atoms with van der Waals surface area (Å²) in [4.78, 5) is 19.2. The van der Waals surface area contributed by atoms with E-state index in [1.807, 2.05) is 31.7 Å². The molecule has 1 aromatic heterocycles. The molecule has 4 heterocycles. The van der Waals surface area contributed by atoms with E-state index in [-0.39, 0.29) is 18.2 Å². The van der Waals surface area contributed by atoms with Crippen molar-refractivity contribution >= 4 is 29.2 Å². The summed E-state index contributed by atoms with van der Waals surface area (Å²) < 4.78 is 5.65. The molecule has 7 nitrogen and oxygen atoms in total. The number of hydrogen-bond acceptors (Lipinski definition) is 6. The Hall–Kier alpha value is -1.76. The Bertz CT molecular complexity index is 723. The number of carbonyl (C=O) groups excluding carboxylic acids is 1. The fourth-order valence-electron chi connectivity index (χ4n) is 4.69. The highest BCUT2D eigenvalue weighted by Crippen LogP contribution is 2.41. The van der Waals surface area contributed by atoms with Crippen molar-refractivity contribution in [1.29, 1.82) is 0 Å². The van der Waals surface area contributed by atoms with E-state index in [1.165, 1.54) is 0 Å². The molecule has 3 atom stereocenters. The van der Waals surface area contributed by atoms with Gasteiger partial charge in [-0.3, -0.25) is 0 Å². The molecule has 0 radical (unpaired) electrons. The van der Waals surface area contributed by atoms with Crippen LogP contribution in [-0.4, -0.2) is 65.1 Å². The first-order valence-corrected chi connectivity index (χ1v) is 10.1. The Labute approximate surface area is 165 Å². The van der Waals surface area contributed by atoms with Crippen LogP contribution >= 0.6 is 11.6 Å². The number of nitrogens with zero attached hydrogens (tertiary/aromatic N) is 5. The van der Waals surface area contributed by atoms with Gasteiger partial charge in [0.2, 0.25) is 0 Å². The second-order valence-corrected chi connectivity index (χ2v) is 9.28. The van der Waals surface area contributed by atoms with Gasteiger partial charge in [-0.1, -0.05) is 11.6 Å². The highest BCUT2D eigenvalue weighted by molar-refractivity contribution is 6.29. The van der Waals surface area contributed by atoms with Gasteiger partial charge in [-0.05, 0) is 46.5 Å². The van der Waals surface area contributed by atoms with E-state index < -0.39 is 5.60 Å². The topological polar surface area (TPSA) is 61.8 Å². The number of piperidine rings is 1. The number of halogens is 1. The smallest absolute Gasteiger partial charge is 0.410 e. The number of amides is 1. The third-order valence-electron chi connectivity index (χ3n) is 5.84. The molecule has 0 N–H and O–H groups in total. The number of hydrogen-bond donors (Lipinski definition) is 0. The van der Waals surface area contributed by atoms with Gasteiger partial charge in [0.05, 0.1) is 5.69 Å². The summed E-state index contributed by atoms with van der Waals surface area (Å²) in [5.74, 6) is 0.906. The summed E-state index contributed by atoms with van der Waals surface area (Å²) in [6.45, 7) is 7.60. The largest absolute Gasteiger partial charge is 0.444 e. The fourth-order valence-corrected chi connectivity index (χ4v) is 4.83. The normalized spacial score (nSPS) is 27.6. The van der Waals surface area contributed by atoms with Gasteiger partial charge in [-0.25, -0.2) is 4.79 Å². The third-order valence-corrected chi connectivity index (χ3v) is 6.02. The van der Waals surface area contributed by atoms with Crippen molar-refractivity contribution < 1.29 is 9.53 Å². The van der Waals surface area contributed by atoms with Crippen LogP contribution in [-0.2, 0) is 4.74 Å². The van der Waals surface area contributed by atoms with Crippen LogP contribution in [0.2, 0.25) is 5.15 Å². The van der Waals surface area contributed by atoms with Crippen LogP contribution in [0.1, 0.15) is 46.5 Å². The minimum absolute atomic E-state index is 0.168. The Kier molecular flexibility index (Phi) is 4.61. The number of fused-ring (bicyclic) bond motifs is 3. The van der Waals surface area contributed by atoms with Crippen LogP contribution in [0.15, 0.2) is 6.07 Å². The Balaban J connectivity index is 1.53. The number of likely N-dealkylation sites (N-methyl/N-ethyl adjacent to an activating group) is 1. The fraction of sp³-hybridized carbons (Fsp3) is 0.737. The zero-order chi connectivity index (χ0) is 19.3. The molecule has 8 heteroatoms. The summed E-state index contributed by atoms with van der Waals surface area (Å²) in [6.07, 6.45) is 3.83. The van der Waals surface area contributed by atoms with E-state index >= 15 is 0 Å². The maximum absolute atomic E-state index is 12.7. The zero-order valence-corrected chi connectivity index (χ0v) is 17.2. The SMILES string of the molecule is CN1CCN(C2C[C@H]3CC[C@@H](C2)N3C(=O)OC(C)(C)C)c2nnc(Cl)cc21. The molecular weight excluding hydrogens is 366 g/mol. The number of anilines is 2. The number of ether oxygens (including phenoxy) is 1. The molecule has 3 aliphatic rings. The highest BCUT2D eigenvalue weighted by Gasteiger charge is 2.47. The molecule has 4 rings (SSSR count). The molecule has 0 aromatic carbocycles. The highest BCUT2D eigenvalue weighted by atomic mass is 35.5. The lowest BCUT2D eigenvalue weighted by Gasteiger charge is -2.46. The molecule has 0 saturated carbocycles. The van der Waals surface area contributed by atoms with E-state index in [2.05, 4.69) is 27.0 Å². The summed E-state index contributed by atoms with van der Waals surface area (Å²) in [5.41, 5.74) is 0.571. The molecule has 2 fully saturated rings. The van der Waals surface area contributed by atoms with Gasteiger partial charge < -0.3 is 19.4 Å². The van der Waals surface area contributed by atoms with Gasteiger partial charge in [0.15, 0.2) is 11.0 Å². The summed E-state index contributed by atoms with van der Waals surface area (Å²) >= 11 is 6.06. The molecule has 148 valence electrons. The molecule has 3 aliphatic heterocycles. The van der Waals surface area contributed by atoms with E-state index in [0.717, 1.165) is 50.3 Å². The van der Waals surface area contributed by atoms with Crippen LogP contribution in [0, 0.1) is 0 Å². The van der Waals surface area contributed by atoms with Gasteiger partial charge in [-0.2, -0.15) is 0 Å². The van der Waals surface area contributed by atoms with Gasteiger partial charge in [0.25, 0.3) is 0 Å². The van der Waals surface area contributed by atoms with E-state index in [0.29, 0.717) is 11.2 Å². The molecule has 1 unspecified atom stereocenters. The molecule has 27 heavy (non-hydrogen) atoms. The molecule has 2 bridgehead atoms. The van der Waals surface area contributed by atoms with E-state index in [9.17, 15) is 4.79 Å². The number of carbonyl (C=O) groups is 1. The predicted octanol–water partition coefficient (Wildman–Crippen LogP) is 3.32. The van der Waals surface area contributed by atoms with Crippen molar-refractivity contribution in [2.45, 2.75) is 70.2 Å². The molecule has 1 aromatic rings. The van der Waals surface area contributed by atoms with Crippen molar-refractivity contribution in [3.63, 3.8) is 0 Å². The summed E-state index contributed by atoms with van der Waals surface area (Å²) in [7, 11) is 2.06. The first-order valence-electron chi connectivity index (χ1n) is 9.75. The lowest BCUT2D eigenvalue weighted by Crippen LogP contribution is -2.55. The minimum atomic E-state index is -0.460. The van der Waals surface area contributed by atoms with Crippen LogP contribution in [0.25, 0.3) is 0 Å². The van der Waals surface area contributed by atoms with Crippen molar-refractivity contribution in [2.75, 3.05) is 29.9 Å². The van der Waals surface area contributed by atoms with Gasteiger partial charge in [0.1, 0.15) is 5.60 Å². The Morgan fingerprint density at radius 3 is 2.44 bits per heavy atom. The first kappa shape index (κ1) is 18.6. The monoisotopic (exact) mass is 393 g/mol. The maximum Gasteiger partial charge on any atom is 0.410 e. The molecule has 0 spiro atoms. The lowest BCUT2D eigenvalue weighted by atomic mass is 9.95. The van der Waals surface area contributed by atoms with Gasteiger partial charge in [0, 0.05) is 44.3 Å². The second kappa shape index (κ2) is 6.69. The van der Waals surface area contributed by atoms with Crippen LogP contribution < -0.4 is 9.80 Å². The zero-order valence-electron chi connectivity index (χ0n) is 16.5. The molecule has 2 saturated heterocycles. The van der Waals surface area contributed by atoms with Crippen molar-refractivity contribution in [3.8, 4) is 0 Å². The van der Waals surface area contributed by atoms with Crippen LogP contribution in [0.3, 0.4) is 0 Å². The predicted molar refractivity (Wildman–Crippen MR) is 106 cm³/mol. The van der Waals surface area contributed by atoms with Crippen LogP contribution in [0.4, 0.5) is 16.3 Å². The van der Waals surface area contributed by atoms with Crippen molar-refractivity contribution in [1.82, 2.24) is 15.1 Å². The van der Waals surface area contributed by atoms with E-state index in [1.54, 1.807) is 0 Å². The van der Waals surface area contributed by atoms with Crippen molar-refractivity contribution in [3.05, 3.63) is 11.2 Å². The number of aromatic nitrogens is 2. The summed E-state index contributed by atoms with van der Waals surface area (Å²) in [5, 5.41) is 8.89. The molecular formula is C19H28ClN5O2. The quantitative estimate of drug-likeness (QED) is 0.729. The maximum atomic E-state index is 12.7. The Morgan fingerprint density at radius 2 is 1.81 bits per heavy atom. The lowest BCUT2D eigenvalue weighted by molar-refractivity contribution is 0.00581.